The Labute approximate surface area is 239 Å². The van der Waals surface area contributed by atoms with Crippen molar-refractivity contribution in [3.05, 3.63) is 40.9 Å². The number of ether oxygens (including phenoxy) is 4. The molecule has 1 N–H and O–H groups in total. The molecule has 0 saturated carbocycles. The van der Waals surface area contributed by atoms with Crippen LogP contribution in [0.3, 0.4) is 0 Å². The van der Waals surface area contributed by atoms with Gasteiger partial charge in [0.05, 0.1) is 24.8 Å². The van der Waals surface area contributed by atoms with Crippen LogP contribution in [0.2, 0.25) is 5.02 Å². The predicted octanol–water partition coefficient (Wildman–Crippen LogP) is 6.41. The fraction of sp³-hybridized carbons (Fsp3) is 0.429. The summed E-state index contributed by atoms with van der Waals surface area (Å²) >= 11 is 6.42. The summed E-state index contributed by atoms with van der Waals surface area (Å²) in [6.07, 6.45) is -1.02. The van der Waals surface area contributed by atoms with E-state index in [1.165, 1.54) is 24.5 Å². The van der Waals surface area contributed by atoms with Gasteiger partial charge in [0.25, 0.3) is 6.36 Å². The van der Waals surface area contributed by atoms with Crippen LogP contribution in [0.1, 0.15) is 33.3 Å². The van der Waals surface area contributed by atoms with Gasteiger partial charge in [-0.1, -0.05) is 18.5 Å². The summed E-state index contributed by atoms with van der Waals surface area (Å²) in [4.78, 5) is 34.8. The van der Waals surface area contributed by atoms with Gasteiger partial charge in [0.15, 0.2) is 0 Å². The summed E-state index contributed by atoms with van der Waals surface area (Å²) in [5, 5.41) is 3.16. The molecule has 3 atom stereocenters. The summed E-state index contributed by atoms with van der Waals surface area (Å²) in [5.41, 5.74) is 0.0734. The molecule has 2 amide bonds. The van der Waals surface area contributed by atoms with Crippen molar-refractivity contribution in [3.8, 4) is 17.0 Å². The van der Waals surface area contributed by atoms with Crippen molar-refractivity contribution in [2.75, 3.05) is 30.0 Å². The number of hydrogen-bond acceptors (Lipinski definition) is 8. The number of carbonyl (C=O) groups excluding carboxylic acids is 2. The van der Waals surface area contributed by atoms with Crippen LogP contribution in [-0.4, -0.2) is 60.0 Å². The van der Waals surface area contributed by atoms with E-state index in [4.69, 9.17) is 30.5 Å². The molecule has 2 aromatic heterocycles. The van der Waals surface area contributed by atoms with E-state index in [9.17, 15) is 14.0 Å². The Kier molecular flexibility index (Phi) is 7.64. The number of nitrogens with one attached hydrogen (secondary N) is 1. The van der Waals surface area contributed by atoms with Gasteiger partial charge in [-0.05, 0) is 50.8 Å². The number of halogens is 3. The Morgan fingerprint density at radius 3 is 2.61 bits per heavy atom. The van der Waals surface area contributed by atoms with Crippen LogP contribution in [0.4, 0.5) is 29.9 Å². The predicted molar refractivity (Wildman–Crippen MR) is 148 cm³/mol. The number of pyridine rings is 2. The standard InChI is InChI=1S/C28H29ClF2N4O6/c1-13-11-38-12-19(13)39-26(36)34-21-7-15-6-16(23(31)22(29)18(15)9-32-21)17-8-33-25-24(14(17)2)35(10-20(30)40-25)27(37)41-28(3,4)5/h6-9,13,19-20H,10-12H2,1-5H3,(H,32,34,36). The van der Waals surface area contributed by atoms with E-state index in [0.29, 0.717) is 35.1 Å². The fourth-order valence-corrected chi connectivity index (χ4v) is 4.94. The molecular formula is C28H29ClF2N4O6. The second kappa shape index (κ2) is 10.9. The molecule has 5 rings (SSSR count). The highest BCUT2D eigenvalue weighted by Crippen LogP contribution is 2.43. The van der Waals surface area contributed by atoms with Crippen molar-refractivity contribution in [1.82, 2.24) is 9.97 Å². The second-order valence-electron chi connectivity index (χ2n) is 11.0. The Morgan fingerprint density at radius 1 is 1.17 bits per heavy atom. The van der Waals surface area contributed by atoms with E-state index in [0.717, 1.165) is 4.90 Å². The molecule has 3 aromatic rings. The minimum absolute atomic E-state index is 0.0653. The number of hydrogen-bond donors (Lipinski definition) is 1. The minimum atomic E-state index is -1.82. The first-order chi connectivity index (χ1) is 19.3. The molecule has 0 aliphatic carbocycles. The maximum atomic E-state index is 15.7. The van der Waals surface area contributed by atoms with Gasteiger partial charge in [0.1, 0.15) is 29.0 Å². The van der Waals surface area contributed by atoms with Crippen LogP contribution < -0.4 is 15.0 Å². The molecule has 1 fully saturated rings. The van der Waals surface area contributed by atoms with Gasteiger partial charge in [-0.2, -0.15) is 4.39 Å². The van der Waals surface area contributed by atoms with Crippen LogP contribution >= 0.6 is 11.6 Å². The largest absolute Gasteiger partial charge is 0.443 e. The number of fused-ring (bicyclic) bond motifs is 2. The number of nitrogens with zero attached hydrogens (tertiary/aromatic N) is 3. The topological polar surface area (TPSA) is 112 Å². The zero-order valence-electron chi connectivity index (χ0n) is 23.1. The van der Waals surface area contributed by atoms with Crippen molar-refractivity contribution in [1.29, 1.82) is 0 Å². The van der Waals surface area contributed by atoms with Crippen LogP contribution in [0, 0.1) is 18.7 Å². The molecule has 4 heterocycles. The first kappa shape index (κ1) is 28.7. The normalized spacial score (nSPS) is 20.4. The highest BCUT2D eigenvalue weighted by molar-refractivity contribution is 6.36. The molecule has 2 aliphatic heterocycles. The molecular weight excluding hydrogens is 562 g/mol. The van der Waals surface area contributed by atoms with Gasteiger partial charge in [0.2, 0.25) is 5.88 Å². The van der Waals surface area contributed by atoms with E-state index in [1.807, 2.05) is 6.92 Å². The van der Waals surface area contributed by atoms with E-state index >= 15 is 4.39 Å². The van der Waals surface area contributed by atoms with E-state index < -0.39 is 36.5 Å². The monoisotopic (exact) mass is 590 g/mol. The molecule has 13 heteroatoms. The number of alkyl halides is 1. The smallest absolute Gasteiger partial charge is 0.415 e. The lowest BCUT2D eigenvalue weighted by Crippen LogP contribution is -2.45. The molecule has 41 heavy (non-hydrogen) atoms. The molecule has 1 saturated heterocycles. The van der Waals surface area contributed by atoms with Crippen LogP contribution in [0.15, 0.2) is 24.5 Å². The summed E-state index contributed by atoms with van der Waals surface area (Å²) in [6.45, 7) is 9.01. The Balaban J connectivity index is 1.51. The Hall–Kier alpha value is -3.77. The Morgan fingerprint density at radius 2 is 1.93 bits per heavy atom. The molecule has 0 radical (unpaired) electrons. The lowest BCUT2D eigenvalue weighted by Gasteiger charge is -2.34. The van der Waals surface area contributed by atoms with Gasteiger partial charge < -0.3 is 18.9 Å². The Bertz CT molecular complexity index is 1530. The first-order valence-electron chi connectivity index (χ1n) is 13.0. The summed E-state index contributed by atoms with van der Waals surface area (Å²) in [7, 11) is 0. The average molecular weight is 591 g/mol. The summed E-state index contributed by atoms with van der Waals surface area (Å²) in [6, 6.07) is 3.06. The van der Waals surface area contributed by atoms with Crippen LogP contribution in [0.5, 0.6) is 5.88 Å². The van der Waals surface area contributed by atoms with Crippen LogP contribution in [0.25, 0.3) is 21.9 Å². The molecule has 10 nitrogen and oxygen atoms in total. The molecule has 1 aromatic carbocycles. The van der Waals surface area contributed by atoms with Gasteiger partial charge in [0, 0.05) is 34.8 Å². The van der Waals surface area contributed by atoms with Crippen molar-refractivity contribution >= 4 is 46.1 Å². The van der Waals surface area contributed by atoms with Gasteiger partial charge in [-0.15, -0.1) is 0 Å². The van der Waals surface area contributed by atoms with Gasteiger partial charge in [-0.3, -0.25) is 10.2 Å². The quantitative estimate of drug-likeness (QED) is 0.372. The lowest BCUT2D eigenvalue weighted by atomic mass is 9.97. The molecule has 0 spiro atoms. The highest BCUT2D eigenvalue weighted by atomic mass is 35.5. The highest BCUT2D eigenvalue weighted by Gasteiger charge is 2.36. The maximum Gasteiger partial charge on any atom is 0.415 e. The second-order valence-corrected chi connectivity index (χ2v) is 11.4. The van der Waals surface area contributed by atoms with Crippen LogP contribution in [-0.2, 0) is 14.2 Å². The summed E-state index contributed by atoms with van der Waals surface area (Å²) < 4.78 is 51.5. The van der Waals surface area contributed by atoms with E-state index in [-0.39, 0.29) is 40.0 Å². The van der Waals surface area contributed by atoms with E-state index in [2.05, 4.69) is 15.3 Å². The number of carbonyl (C=O) groups is 2. The molecule has 3 unspecified atom stereocenters. The third-order valence-corrected chi connectivity index (χ3v) is 7.07. The molecule has 2 aliphatic rings. The third kappa shape index (κ3) is 5.84. The van der Waals surface area contributed by atoms with Gasteiger partial charge >= 0.3 is 12.2 Å². The lowest BCUT2D eigenvalue weighted by molar-refractivity contribution is 0.0375. The van der Waals surface area contributed by atoms with Crippen molar-refractivity contribution in [2.24, 2.45) is 5.92 Å². The van der Waals surface area contributed by atoms with Crippen molar-refractivity contribution < 1.29 is 37.3 Å². The third-order valence-electron chi connectivity index (χ3n) is 6.70. The molecule has 0 bridgehead atoms. The van der Waals surface area contributed by atoms with Gasteiger partial charge in [-0.25, -0.2) is 23.9 Å². The summed E-state index contributed by atoms with van der Waals surface area (Å²) in [5.74, 6) is -0.638. The van der Waals surface area contributed by atoms with Crippen molar-refractivity contribution in [3.63, 3.8) is 0 Å². The zero-order valence-corrected chi connectivity index (χ0v) is 23.8. The fourth-order valence-electron chi connectivity index (χ4n) is 4.68. The zero-order chi connectivity index (χ0) is 29.6. The maximum absolute atomic E-state index is 15.7. The number of amides is 2. The average Bonchev–Trinajstić information content (AvgIpc) is 3.28. The SMILES string of the molecule is Cc1c(-c2cc3cc(NC(=O)OC4COCC4C)ncc3c(Cl)c2F)cnc2c1N(C(=O)OC(C)(C)C)CC(F)O2. The minimum Gasteiger partial charge on any atom is -0.443 e. The van der Waals surface area contributed by atoms with E-state index in [1.54, 1.807) is 27.7 Å². The van der Waals surface area contributed by atoms with Crippen molar-refractivity contribution in [2.45, 2.75) is 52.7 Å². The number of rotatable bonds is 3. The first-order valence-corrected chi connectivity index (χ1v) is 13.3. The molecule has 218 valence electrons. The number of anilines is 2. The number of aromatic nitrogens is 2. The number of benzene rings is 1.